The van der Waals surface area contributed by atoms with E-state index in [1.807, 2.05) is 0 Å². The first-order valence-electron chi connectivity index (χ1n) is 11.8. The van der Waals surface area contributed by atoms with Gasteiger partial charge in [-0.15, -0.1) is 0 Å². The van der Waals surface area contributed by atoms with Crippen LogP contribution in [0.5, 0.6) is 0 Å². The van der Waals surface area contributed by atoms with Gasteiger partial charge in [-0.25, -0.2) is 0 Å². The average Bonchev–Trinajstić information content (AvgIpc) is 3.38. The molecule has 4 saturated heterocycles. The number of amides is 2. The van der Waals surface area contributed by atoms with Gasteiger partial charge in [-0.3, -0.25) is 14.5 Å². The maximum atomic E-state index is 14.4. The summed E-state index contributed by atoms with van der Waals surface area (Å²) in [5.41, 5.74) is -6.11. The largest absolute Gasteiger partial charge is 0.417 e. The van der Waals surface area contributed by atoms with Crippen molar-refractivity contribution in [3.63, 3.8) is 0 Å². The molecule has 0 aromatic heterocycles. The number of para-hydroxylation sites is 1. The highest BCUT2D eigenvalue weighted by atomic mass is 19.4. The van der Waals surface area contributed by atoms with Crippen LogP contribution in [0, 0.1) is 22.7 Å². The number of halogens is 3. The molecule has 2 N–H and O–H groups in total. The SMILES string of the molecule is C[C@@]12C[C@H](O)[C@]3(CCO[C@H]4[C@@H]3[C@]1(C(=O)Nc1ccccc1)C(=O)N4c1ccc(C#N)c(C(F)(F)F)c1)O2. The Bertz CT molecular complexity index is 1360. The quantitative estimate of drug-likeness (QED) is 0.610. The number of rotatable bonds is 3. The monoisotopic (exact) mass is 513 g/mol. The summed E-state index contributed by atoms with van der Waals surface area (Å²) < 4.78 is 53.6. The first kappa shape index (κ1) is 23.9. The van der Waals surface area contributed by atoms with Crippen LogP contribution in [0.4, 0.5) is 24.5 Å². The number of aliphatic hydroxyl groups is 1. The van der Waals surface area contributed by atoms with Crippen molar-refractivity contribution in [3.05, 3.63) is 59.7 Å². The number of carbonyl (C=O) groups is 2. The normalized spacial score (nSPS) is 35.8. The predicted molar refractivity (Wildman–Crippen MR) is 122 cm³/mol. The van der Waals surface area contributed by atoms with Crippen molar-refractivity contribution in [1.82, 2.24) is 0 Å². The Morgan fingerprint density at radius 3 is 2.65 bits per heavy atom. The molecule has 0 aliphatic carbocycles. The molecule has 11 heteroatoms. The molecule has 0 radical (unpaired) electrons. The fourth-order valence-corrected chi connectivity index (χ4v) is 6.94. The highest BCUT2D eigenvalue weighted by Crippen LogP contribution is 2.71. The summed E-state index contributed by atoms with van der Waals surface area (Å²) in [6.07, 6.45) is -6.78. The van der Waals surface area contributed by atoms with Gasteiger partial charge in [-0.1, -0.05) is 18.2 Å². The van der Waals surface area contributed by atoms with Crippen molar-refractivity contribution in [2.75, 3.05) is 16.8 Å². The summed E-state index contributed by atoms with van der Waals surface area (Å²) in [4.78, 5) is 29.5. The molecule has 4 fully saturated rings. The molecule has 4 aliphatic heterocycles. The maximum absolute atomic E-state index is 14.4. The third-order valence-electron chi connectivity index (χ3n) is 8.36. The molecule has 8 nitrogen and oxygen atoms in total. The van der Waals surface area contributed by atoms with Gasteiger partial charge in [0.1, 0.15) is 11.8 Å². The van der Waals surface area contributed by atoms with Crippen molar-refractivity contribution in [2.24, 2.45) is 11.3 Å². The fourth-order valence-electron chi connectivity index (χ4n) is 6.94. The molecule has 4 aliphatic rings. The standard InChI is InChI=1S/C26H22F3N3O5/c1-23-12-18(33)24(37-23)9-10-36-20-19(24)25(23,21(34)31-15-5-3-2-4-6-15)22(35)32(20)16-8-7-14(13-30)17(11-16)26(27,28)29/h2-8,11,18-20,33H,9-10,12H2,1H3,(H,31,34)/t18-,19-,20-,23+,24-,25-/m0/s1. The van der Waals surface area contributed by atoms with Gasteiger partial charge in [-0.2, -0.15) is 18.4 Å². The minimum Gasteiger partial charge on any atom is -0.390 e. The van der Waals surface area contributed by atoms with Gasteiger partial charge in [-0.05, 0) is 37.3 Å². The predicted octanol–water partition coefficient (Wildman–Crippen LogP) is 3.20. The van der Waals surface area contributed by atoms with Crippen LogP contribution < -0.4 is 10.2 Å². The second kappa shape index (κ2) is 7.54. The molecule has 2 aromatic carbocycles. The number of anilines is 2. The first-order valence-corrected chi connectivity index (χ1v) is 11.8. The van der Waals surface area contributed by atoms with Crippen LogP contribution in [0.2, 0.25) is 0 Å². The van der Waals surface area contributed by atoms with E-state index in [9.17, 15) is 33.1 Å². The summed E-state index contributed by atoms with van der Waals surface area (Å²) in [6.45, 7) is 1.66. The second-order valence-corrected chi connectivity index (χ2v) is 10.1. The molecular formula is C26H22F3N3O5. The Balaban J connectivity index is 1.53. The van der Waals surface area contributed by atoms with E-state index in [0.717, 1.165) is 17.0 Å². The number of benzene rings is 2. The van der Waals surface area contributed by atoms with Gasteiger partial charge in [0.2, 0.25) is 11.8 Å². The van der Waals surface area contributed by atoms with E-state index in [1.54, 1.807) is 37.3 Å². The molecule has 2 amide bonds. The lowest BCUT2D eigenvalue weighted by Crippen LogP contribution is -2.64. The molecule has 0 unspecified atom stereocenters. The number of ether oxygens (including phenoxy) is 2. The number of nitrogens with one attached hydrogen (secondary N) is 1. The van der Waals surface area contributed by atoms with E-state index in [1.165, 1.54) is 12.1 Å². The number of nitriles is 1. The lowest BCUT2D eigenvalue weighted by atomic mass is 9.55. The number of nitrogens with zero attached hydrogens (tertiary/aromatic N) is 2. The van der Waals surface area contributed by atoms with Crippen LogP contribution in [-0.4, -0.2) is 47.1 Å². The smallest absolute Gasteiger partial charge is 0.390 e. The highest BCUT2D eigenvalue weighted by Gasteiger charge is 2.88. The van der Waals surface area contributed by atoms with Crippen molar-refractivity contribution in [3.8, 4) is 6.07 Å². The summed E-state index contributed by atoms with van der Waals surface area (Å²) >= 11 is 0. The average molecular weight is 513 g/mol. The molecule has 6 atom stereocenters. The molecule has 1 spiro atoms. The summed E-state index contributed by atoms with van der Waals surface area (Å²) in [5, 5.41) is 23.0. The Morgan fingerprint density at radius 1 is 1.24 bits per heavy atom. The van der Waals surface area contributed by atoms with Gasteiger partial charge < -0.3 is 19.9 Å². The molecule has 4 heterocycles. The van der Waals surface area contributed by atoms with Crippen LogP contribution in [0.3, 0.4) is 0 Å². The van der Waals surface area contributed by atoms with Gasteiger partial charge in [0.05, 0.1) is 41.4 Å². The summed E-state index contributed by atoms with van der Waals surface area (Å²) in [5.74, 6) is -2.43. The van der Waals surface area contributed by atoms with Crippen LogP contribution in [0.15, 0.2) is 48.5 Å². The zero-order valence-electron chi connectivity index (χ0n) is 19.6. The molecule has 37 heavy (non-hydrogen) atoms. The fraction of sp³-hybridized carbons (Fsp3) is 0.423. The third-order valence-corrected chi connectivity index (χ3v) is 8.36. The molecule has 2 aromatic rings. The zero-order valence-corrected chi connectivity index (χ0v) is 19.6. The van der Waals surface area contributed by atoms with Gasteiger partial charge in [0, 0.05) is 24.2 Å². The number of aliphatic hydroxyl groups excluding tert-OH is 1. The Kier molecular flexibility index (Phi) is 4.87. The number of hydrogen-bond donors (Lipinski definition) is 2. The number of hydrogen-bond acceptors (Lipinski definition) is 6. The van der Waals surface area contributed by atoms with Crippen LogP contribution in [-0.2, 0) is 25.2 Å². The van der Waals surface area contributed by atoms with E-state index in [0.29, 0.717) is 5.69 Å². The first-order chi connectivity index (χ1) is 17.5. The number of carbonyl (C=O) groups excluding carboxylic acids is 2. The van der Waals surface area contributed by atoms with Gasteiger partial charge >= 0.3 is 6.18 Å². The number of alkyl halides is 3. The third kappa shape index (κ3) is 2.89. The van der Waals surface area contributed by atoms with Gasteiger partial charge in [0.15, 0.2) is 5.41 Å². The zero-order chi connectivity index (χ0) is 26.4. The molecule has 6 rings (SSSR count). The summed E-state index contributed by atoms with van der Waals surface area (Å²) in [7, 11) is 0. The van der Waals surface area contributed by atoms with Gasteiger partial charge in [0.25, 0.3) is 0 Å². The van der Waals surface area contributed by atoms with E-state index in [-0.39, 0.29) is 25.1 Å². The maximum Gasteiger partial charge on any atom is 0.417 e. The molecule has 2 bridgehead atoms. The lowest BCUT2D eigenvalue weighted by Gasteiger charge is -2.46. The van der Waals surface area contributed by atoms with Crippen molar-refractivity contribution < 1.29 is 37.3 Å². The molecular weight excluding hydrogens is 491 g/mol. The minimum absolute atomic E-state index is 0.000812. The van der Waals surface area contributed by atoms with E-state index < -0.39 is 64.0 Å². The molecule has 192 valence electrons. The highest BCUT2D eigenvalue weighted by molar-refractivity contribution is 6.19. The van der Waals surface area contributed by atoms with Crippen LogP contribution in [0.1, 0.15) is 30.9 Å². The van der Waals surface area contributed by atoms with Crippen molar-refractivity contribution in [2.45, 2.75) is 49.5 Å². The Hall–Kier alpha value is -3.46. The second-order valence-electron chi connectivity index (χ2n) is 10.1. The molecule has 0 saturated carbocycles. The van der Waals surface area contributed by atoms with E-state index >= 15 is 0 Å². The lowest BCUT2D eigenvalue weighted by molar-refractivity contribution is -0.165. The Morgan fingerprint density at radius 2 is 1.97 bits per heavy atom. The van der Waals surface area contributed by atoms with Crippen LogP contribution in [0.25, 0.3) is 0 Å². The Labute approximate surface area is 209 Å². The minimum atomic E-state index is -4.85. The van der Waals surface area contributed by atoms with Crippen LogP contribution >= 0.6 is 0 Å². The van der Waals surface area contributed by atoms with Crippen molar-refractivity contribution >= 4 is 23.2 Å². The van der Waals surface area contributed by atoms with E-state index in [4.69, 9.17) is 9.47 Å². The topological polar surface area (TPSA) is 112 Å². The van der Waals surface area contributed by atoms with E-state index in [2.05, 4.69) is 5.32 Å². The number of fused-ring (bicyclic) bond motifs is 2. The summed E-state index contributed by atoms with van der Waals surface area (Å²) in [6, 6.07) is 13.0. The van der Waals surface area contributed by atoms with Crippen molar-refractivity contribution in [1.29, 1.82) is 5.26 Å².